The predicted molar refractivity (Wildman–Crippen MR) is 67.6 cm³/mol. The number of alkyl halides is 1. The summed E-state index contributed by atoms with van der Waals surface area (Å²) in [5.41, 5.74) is 0. The van der Waals surface area contributed by atoms with Crippen LogP contribution in [0.4, 0.5) is 4.39 Å². The van der Waals surface area contributed by atoms with E-state index in [0.717, 1.165) is 38.5 Å². The molecule has 0 radical (unpaired) electrons. The molecular weight excluding hydrogens is 221 g/mol. The second kappa shape index (κ2) is 11.8. The van der Waals surface area contributed by atoms with Crippen LogP contribution in [0.1, 0.15) is 58.3 Å². The lowest BCUT2D eigenvalue weighted by Crippen LogP contribution is -2.24. The molecule has 0 aromatic heterocycles. The van der Waals surface area contributed by atoms with Crippen LogP contribution in [0.2, 0.25) is 0 Å². The molecule has 0 heterocycles. The van der Waals surface area contributed by atoms with Crippen molar-refractivity contribution in [3.05, 3.63) is 0 Å². The number of aliphatic hydroxyl groups is 1. The summed E-state index contributed by atoms with van der Waals surface area (Å²) in [6.45, 7) is 2.16. The van der Waals surface area contributed by atoms with Gasteiger partial charge in [0.05, 0.1) is 12.8 Å². The third-order valence-corrected chi connectivity index (χ3v) is 2.66. The molecule has 0 saturated carbocycles. The predicted octanol–water partition coefficient (Wildman–Crippen LogP) is 2.57. The number of nitrogens with one attached hydrogen (secondary N) is 1. The van der Waals surface area contributed by atoms with Crippen molar-refractivity contribution in [3.63, 3.8) is 0 Å². The van der Waals surface area contributed by atoms with Gasteiger partial charge in [0.25, 0.3) is 0 Å². The van der Waals surface area contributed by atoms with Crippen molar-refractivity contribution in [2.75, 3.05) is 13.2 Å². The van der Waals surface area contributed by atoms with E-state index in [9.17, 15) is 9.18 Å². The molecule has 0 aromatic rings. The Morgan fingerprint density at radius 1 is 1.18 bits per heavy atom. The number of rotatable bonds is 11. The van der Waals surface area contributed by atoms with Crippen LogP contribution in [-0.2, 0) is 4.79 Å². The number of amides is 1. The Morgan fingerprint density at radius 2 is 1.82 bits per heavy atom. The molecule has 0 aliphatic heterocycles. The molecule has 17 heavy (non-hydrogen) atoms. The average molecular weight is 247 g/mol. The number of carbonyl (C=O) groups excluding carboxylic acids is 1. The minimum Gasteiger partial charge on any atom is -0.393 e. The zero-order chi connectivity index (χ0) is 12.9. The van der Waals surface area contributed by atoms with Crippen molar-refractivity contribution in [2.24, 2.45) is 0 Å². The van der Waals surface area contributed by atoms with Gasteiger partial charge in [-0.05, 0) is 32.6 Å². The third kappa shape index (κ3) is 13.3. The van der Waals surface area contributed by atoms with Crippen molar-refractivity contribution in [1.82, 2.24) is 5.32 Å². The molecule has 0 saturated heterocycles. The fourth-order valence-corrected chi connectivity index (χ4v) is 1.62. The van der Waals surface area contributed by atoms with Gasteiger partial charge in [0.15, 0.2) is 0 Å². The van der Waals surface area contributed by atoms with Crippen LogP contribution in [0.25, 0.3) is 0 Å². The molecule has 1 atom stereocenters. The van der Waals surface area contributed by atoms with Gasteiger partial charge in [-0.2, -0.15) is 0 Å². The third-order valence-electron chi connectivity index (χ3n) is 2.66. The topological polar surface area (TPSA) is 49.3 Å². The second-order valence-electron chi connectivity index (χ2n) is 4.55. The van der Waals surface area contributed by atoms with Crippen LogP contribution in [0, 0.1) is 0 Å². The van der Waals surface area contributed by atoms with E-state index in [4.69, 9.17) is 5.11 Å². The number of unbranched alkanes of at least 4 members (excludes halogenated alkanes) is 4. The molecule has 0 spiro atoms. The number of hydrogen-bond acceptors (Lipinski definition) is 2. The van der Waals surface area contributed by atoms with Crippen molar-refractivity contribution in [2.45, 2.75) is 64.4 Å². The van der Waals surface area contributed by atoms with E-state index in [1.807, 2.05) is 0 Å². The summed E-state index contributed by atoms with van der Waals surface area (Å²) in [6, 6.07) is 0. The Balaban J connectivity index is 3.18. The van der Waals surface area contributed by atoms with Gasteiger partial charge in [-0.25, -0.2) is 0 Å². The van der Waals surface area contributed by atoms with E-state index in [-0.39, 0.29) is 18.7 Å². The molecule has 4 heteroatoms. The highest BCUT2D eigenvalue weighted by molar-refractivity contribution is 5.75. The summed E-state index contributed by atoms with van der Waals surface area (Å²) in [5, 5.41) is 11.9. The average Bonchev–Trinajstić information content (AvgIpc) is 2.29. The molecule has 1 unspecified atom stereocenters. The Kier molecular flexibility index (Phi) is 11.4. The minimum absolute atomic E-state index is 0.0843. The molecule has 0 rings (SSSR count). The summed E-state index contributed by atoms with van der Waals surface area (Å²) < 4.78 is 11.8. The first-order chi connectivity index (χ1) is 8.16. The van der Waals surface area contributed by atoms with Gasteiger partial charge >= 0.3 is 0 Å². The maximum absolute atomic E-state index is 11.8. The Bertz CT molecular complexity index is 186. The lowest BCUT2D eigenvalue weighted by molar-refractivity contribution is -0.121. The van der Waals surface area contributed by atoms with Gasteiger partial charge in [-0.1, -0.05) is 19.3 Å². The molecule has 0 bridgehead atoms. The summed E-state index contributed by atoms with van der Waals surface area (Å²) in [6.07, 6.45) is 6.28. The van der Waals surface area contributed by atoms with Gasteiger partial charge in [0, 0.05) is 13.0 Å². The first-order valence-corrected chi connectivity index (χ1v) is 6.67. The van der Waals surface area contributed by atoms with Gasteiger partial charge in [0.2, 0.25) is 5.91 Å². The molecule has 3 nitrogen and oxygen atoms in total. The number of hydrogen-bond donors (Lipinski definition) is 2. The summed E-state index contributed by atoms with van der Waals surface area (Å²) in [7, 11) is 0. The standard InChI is InChI=1S/C13H26FNO2/c1-12(16)8-7-11-15-13(17)9-5-3-2-4-6-10-14/h12,16H,2-11H2,1H3,(H,15,17). The fourth-order valence-electron chi connectivity index (χ4n) is 1.62. The van der Waals surface area contributed by atoms with Crippen LogP contribution in [0.15, 0.2) is 0 Å². The molecule has 0 fully saturated rings. The minimum atomic E-state index is -0.289. The number of aliphatic hydroxyl groups excluding tert-OH is 1. The van der Waals surface area contributed by atoms with Crippen LogP contribution in [-0.4, -0.2) is 30.3 Å². The van der Waals surface area contributed by atoms with Crippen LogP contribution in [0.3, 0.4) is 0 Å². The maximum Gasteiger partial charge on any atom is 0.219 e. The van der Waals surface area contributed by atoms with E-state index >= 15 is 0 Å². The first kappa shape index (κ1) is 16.4. The molecule has 0 aromatic carbocycles. The number of halogens is 1. The Hall–Kier alpha value is -0.640. The van der Waals surface area contributed by atoms with E-state index in [1.54, 1.807) is 6.92 Å². The zero-order valence-electron chi connectivity index (χ0n) is 10.9. The van der Waals surface area contributed by atoms with Gasteiger partial charge < -0.3 is 10.4 Å². The van der Waals surface area contributed by atoms with Crippen molar-refractivity contribution in [3.8, 4) is 0 Å². The molecule has 102 valence electrons. The summed E-state index contributed by atoms with van der Waals surface area (Å²) in [4.78, 5) is 11.3. The van der Waals surface area contributed by atoms with Crippen molar-refractivity contribution < 1.29 is 14.3 Å². The van der Waals surface area contributed by atoms with Crippen molar-refractivity contribution >= 4 is 5.91 Å². The Labute approximate surface area is 104 Å². The normalized spacial score (nSPS) is 12.4. The van der Waals surface area contributed by atoms with Crippen LogP contribution in [0.5, 0.6) is 0 Å². The SMILES string of the molecule is CC(O)CCCNC(=O)CCCCCCCF. The van der Waals surface area contributed by atoms with E-state index in [2.05, 4.69) is 5.32 Å². The van der Waals surface area contributed by atoms with Gasteiger partial charge in [-0.3, -0.25) is 9.18 Å². The molecule has 0 aliphatic rings. The highest BCUT2D eigenvalue weighted by Crippen LogP contribution is 2.05. The maximum atomic E-state index is 11.8. The monoisotopic (exact) mass is 247 g/mol. The lowest BCUT2D eigenvalue weighted by atomic mass is 10.1. The second-order valence-corrected chi connectivity index (χ2v) is 4.55. The van der Waals surface area contributed by atoms with Gasteiger partial charge in [-0.15, -0.1) is 0 Å². The fraction of sp³-hybridized carbons (Fsp3) is 0.923. The highest BCUT2D eigenvalue weighted by atomic mass is 19.1. The van der Waals surface area contributed by atoms with E-state index < -0.39 is 0 Å². The smallest absolute Gasteiger partial charge is 0.219 e. The summed E-state index contributed by atoms with van der Waals surface area (Å²) in [5.74, 6) is 0.0843. The van der Waals surface area contributed by atoms with E-state index in [1.165, 1.54) is 0 Å². The largest absolute Gasteiger partial charge is 0.393 e. The molecule has 1 amide bonds. The number of carbonyl (C=O) groups is 1. The molecule has 0 aliphatic carbocycles. The van der Waals surface area contributed by atoms with E-state index in [0.29, 0.717) is 19.4 Å². The van der Waals surface area contributed by atoms with Crippen molar-refractivity contribution in [1.29, 1.82) is 0 Å². The Morgan fingerprint density at radius 3 is 2.47 bits per heavy atom. The molecule has 2 N–H and O–H groups in total. The lowest BCUT2D eigenvalue weighted by Gasteiger charge is -2.06. The van der Waals surface area contributed by atoms with Crippen LogP contribution >= 0.6 is 0 Å². The first-order valence-electron chi connectivity index (χ1n) is 6.67. The quantitative estimate of drug-likeness (QED) is 0.551. The zero-order valence-corrected chi connectivity index (χ0v) is 10.9. The van der Waals surface area contributed by atoms with Gasteiger partial charge in [0.1, 0.15) is 0 Å². The highest BCUT2D eigenvalue weighted by Gasteiger charge is 2.01. The molecular formula is C13H26FNO2. The van der Waals surface area contributed by atoms with Crippen LogP contribution < -0.4 is 5.32 Å². The summed E-state index contributed by atoms with van der Waals surface area (Å²) >= 11 is 0.